The molecule has 103 heavy (non-hydrogen) atoms. The van der Waals surface area contributed by atoms with Gasteiger partial charge in [0.1, 0.15) is 11.2 Å². The van der Waals surface area contributed by atoms with Gasteiger partial charge in [0.2, 0.25) is 5.71 Å². The summed E-state index contributed by atoms with van der Waals surface area (Å²) in [6.07, 6.45) is 9.19. The second-order valence-corrected chi connectivity index (χ2v) is 22.9. The minimum Gasteiger partial charge on any atom is -0.501 e. The number of benzene rings is 8. The Balaban J connectivity index is 0.000000146. The number of nitrogens with zero attached hydrogens (tertiary/aromatic N) is 7. The second kappa shape index (κ2) is 35.7. The Morgan fingerprint density at radius 2 is 0.660 bits per heavy atom. The summed E-state index contributed by atoms with van der Waals surface area (Å²) in [6.45, 7) is -2.36. The van der Waals surface area contributed by atoms with Crippen molar-refractivity contribution in [2.45, 2.75) is 48.2 Å². The number of hydrogen-bond donors (Lipinski definition) is 0. The number of furan rings is 3. The van der Waals surface area contributed by atoms with Gasteiger partial charge in [0.15, 0.2) is 0 Å². The third kappa shape index (κ3) is 18.5. The van der Waals surface area contributed by atoms with E-state index in [-0.39, 0.29) is 82.6 Å². The van der Waals surface area contributed by atoms with Gasteiger partial charge in [0.25, 0.3) is 0 Å². The topological polar surface area (TPSA) is 130 Å². The number of rotatable bonds is 6. The molecule has 0 amide bonds. The smallest absolute Gasteiger partial charge is 0.216 e. The Labute approximate surface area is 657 Å². The van der Waals surface area contributed by atoms with Gasteiger partial charge in [-0.3, -0.25) is 0 Å². The Hall–Kier alpha value is -10.8. The number of aryl methyl sites for hydroxylation is 7. The van der Waals surface area contributed by atoms with Crippen molar-refractivity contribution < 1.29 is 90.0 Å². The summed E-state index contributed by atoms with van der Waals surface area (Å²) in [7, 11) is 0. The van der Waals surface area contributed by atoms with Gasteiger partial charge in [-0.05, 0) is 141 Å². The minimum atomic E-state index is -2.15. The first-order valence-corrected chi connectivity index (χ1v) is 31.8. The zero-order valence-corrected chi connectivity index (χ0v) is 62.6. The van der Waals surface area contributed by atoms with E-state index in [0.717, 1.165) is 128 Å². The molecule has 18 aromatic rings. The molecule has 10 nitrogen and oxygen atoms in total. The molecule has 0 atom stereocenters. The van der Waals surface area contributed by atoms with Crippen molar-refractivity contribution in [3.8, 4) is 67.5 Å². The SMILES string of the molecule is Cc1ccnc(-c2[c-]ccc3c2oc2ccccc23)c1.Cc1ccnc(-c2[c-]ccc3c2oc2nc(C)ccc23)c1.[2H]C([2H])([2H])c1ccc(-c2[c-]ccc3c2oc2ccccc23)nc1.[2H]C([2H])([2H])c1ccc(-c2[c-]cccc2)nc1.[2H]C([2H])([2H])c1ccc(-c2[c-]cccc2)nc1.[2H]C([2H])([2H])c1ccc(-c2[c-]cccc2)nc1.[Ir].[Ir].[Ir]. The molecule has 8 aromatic carbocycles. The fraction of sp³-hybridized carbons (Fsp3) is 0.0778. The van der Waals surface area contributed by atoms with Crippen LogP contribution in [0.2, 0.25) is 0 Å². The first kappa shape index (κ1) is 59.8. The fourth-order valence-corrected chi connectivity index (χ4v) is 10.9. The molecule has 0 saturated carbocycles. The van der Waals surface area contributed by atoms with Crippen molar-refractivity contribution in [3.05, 3.63) is 355 Å². The fourth-order valence-electron chi connectivity index (χ4n) is 10.9. The number of aromatic nitrogens is 7. The van der Waals surface area contributed by atoms with Gasteiger partial charge in [0, 0.05) is 136 Å². The van der Waals surface area contributed by atoms with E-state index in [0.29, 0.717) is 17.0 Å². The molecule has 3 radical (unpaired) electrons. The standard InChI is InChI=1S/C18H13N2O.2C18H12NO.3C12H10N.3Ir/c1-11-8-9-19-16(10-11)15-5-3-4-13-14-7-6-12(2)20-18(14)21-17(13)15;1-12-9-10-19-16(11-12)15-7-4-6-14-13-5-2-3-8-17(13)20-18(14)15;1-12-9-10-16(19-11-12)15-7-4-6-14-13-5-2-3-8-17(13)20-18(14)15;3*1-10-7-8-12(13-9-10)11-5-3-2-4-6-11;;;/h3-4,6-10H,1-2H3;2*2-6,8-11H,1H3;3*2-5,7-9H,1H3;;;/q6*-1;;;/i;;4*1D3;;;. The van der Waals surface area contributed by atoms with Crippen LogP contribution in [0.25, 0.3) is 133 Å². The molecule has 0 aliphatic rings. The molecule has 10 aromatic heterocycles. The van der Waals surface area contributed by atoms with Gasteiger partial charge in [-0.2, -0.15) is 0 Å². The Morgan fingerprint density at radius 1 is 0.291 bits per heavy atom. The third-order valence-corrected chi connectivity index (χ3v) is 15.7. The molecule has 10 heterocycles. The van der Waals surface area contributed by atoms with Crippen LogP contribution in [-0.4, -0.2) is 34.9 Å². The van der Waals surface area contributed by atoms with Crippen LogP contribution in [0.1, 0.15) is 55.5 Å². The number of hydrogen-bond acceptors (Lipinski definition) is 10. The molecule has 18 rings (SSSR count). The van der Waals surface area contributed by atoms with Crippen LogP contribution in [0.4, 0.5) is 0 Å². The quantitative estimate of drug-likeness (QED) is 0.148. The van der Waals surface area contributed by atoms with Crippen LogP contribution >= 0.6 is 0 Å². The van der Waals surface area contributed by atoms with Crippen LogP contribution in [0.15, 0.2) is 293 Å². The predicted molar refractivity (Wildman–Crippen MR) is 404 cm³/mol. The van der Waals surface area contributed by atoms with Gasteiger partial charge in [-0.1, -0.05) is 141 Å². The Kier molecular flexibility index (Phi) is 20.7. The molecule has 0 aliphatic heterocycles. The third-order valence-electron chi connectivity index (χ3n) is 15.7. The first-order chi connectivity index (χ1) is 53.8. The summed E-state index contributed by atoms with van der Waals surface area (Å²) in [6, 6.07) is 94.0. The predicted octanol–water partition coefficient (Wildman–Crippen LogP) is 22.5. The molecule has 0 bridgehead atoms. The van der Waals surface area contributed by atoms with E-state index < -0.39 is 27.4 Å². The van der Waals surface area contributed by atoms with Gasteiger partial charge in [-0.25, -0.2) is 4.98 Å². The first-order valence-electron chi connectivity index (χ1n) is 37.8. The summed E-state index contributed by atoms with van der Waals surface area (Å²) in [5.74, 6) is 0. The Morgan fingerprint density at radius 3 is 1.03 bits per heavy atom. The molecule has 513 valence electrons. The molecular formula is C90H67Ir3N7O3-6. The second-order valence-electron chi connectivity index (χ2n) is 22.9. The molecule has 0 spiro atoms. The average Bonchev–Trinajstić information content (AvgIpc) is 1.64. The maximum Gasteiger partial charge on any atom is 0.216 e. The summed E-state index contributed by atoms with van der Waals surface area (Å²) >= 11 is 0. The zero-order valence-electron chi connectivity index (χ0n) is 67.4. The van der Waals surface area contributed by atoms with Crippen molar-refractivity contribution in [2.24, 2.45) is 0 Å². The number of para-hydroxylation sites is 2. The maximum absolute atomic E-state index is 7.42. The van der Waals surface area contributed by atoms with Gasteiger partial charge in [-0.15, -0.1) is 162 Å². The van der Waals surface area contributed by atoms with Crippen LogP contribution in [0.3, 0.4) is 0 Å². The van der Waals surface area contributed by atoms with Crippen molar-refractivity contribution in [1.82, 2.24) is 34.9 Å². The molecule has 13 heteroatoms. The van der Waals surface area contributed by atoms with Crippen LogP contribution in [-0.2, 0) is 60.3 Å². The molecule has 0 fully saturated rings. The van der Waals surface area contributed by atoms with Crippen LogP contribution < -0.4 is 0 Å². The number of pyridine rings is 7. The summed E-state index contributed by atoms with van der Waals surface area (Å²) in [5, 5.41) is 6.35. The van der Waals surface area contributed by atoms with Gasteiger partial charge >= 0.3 is 0 Å². The van der Waals surface area contributed by atoms with Crippen molar-refractivity contribution in [2.75, 3.05) is 0 Å². The van der Waals surface area contributed by atoms with E-state index in [1.807, 2.05) is 177 Å². The van der Waals surface area contributed by atoms with E-state index in [1.54, 1.807) is 66.7 Å². The van der Waals surface area contributed by atoms with E-state index in [4.69, 9.17) is 29.7 Å². The Bertz CT molecular complexity index is 6010. The average molecular weight is 1880 g/mol. The monoisotopic (exact) mass is 1880 g/mol. The molecule has 0 unspecified atom stereocenters. The van der Waals surface area contributed by atoms with Crippen LogP contribution in [0.5, 0.6) is 0 Å². The van der Waals surface area contributed by atoms with Crippen LogP contribution in [0, 0.1) is 84.6 Å². The van der Waals surface area contributed by atoms with Crippen molar-refractivity contribution in [3.63, 3.8) is 0 Å². The minimum absolute atomic E-state index is 0. The summed E-state index contributed by atoms with van der Waals surface area (Å²) < 4.78 is 105. The van der Waals surface area contributed by atoms with E-state index in [2.05, 4.69) is 103 Å². The van der Waals surface area contributed by atoms with E-state index in [9.17, 15) is 0 Å². The summed E-state index contributed by atoms with van der Waals surface area (Å²) in [5.41, 5.74) is 18.7. The van der Waals surface area contributed by atoms with Gasteiger partial charge in [0.05, 0.1) is 16.7 Å². The van der Waals surface area contributed by atoms with Gasteiger partial charge < -0.3 is 43.2 Å². The zero-order chi connectivity index (χ0) is 78.7. The summed E-state index contributed by atoms with van der Waals surface area (Å²) in [4.78, 5) is 30.0. The molecule has 0 aliphatic carbocycles. The number of fused-ring (bicyclic) bond motifs is 9. The molecular weight excluding hydrogens is 1800 g/mol. The molecule has 0 N–H and O–H groups in total. The van der Waals surface area contributed by atoms with E-state index in [1.165, 1.54) is 30.4 Å². The molecule has 0 saturated heterocycles. The van der Waals surface area contributed by atoms with E-state index >= 15 is 0 Å². The normalized spacial score (nSPS) is 12.7. The van der Waals surface area contributed by atoms with Crippen molar-refractivity contribution in [1.29, 1.82) is 0 Å². The van der Waals surface area contributed by atoms with Crippen molar-refractivity contribution >= 4 is 65.9 Å². The maximum atomic E-state index is 7.42. The largest absolute Gasteiger partial charge is 0.501 e.